The summed E-state index contributed by atoms with van der Waals surface area (Å²) in [7, 11) is 0. The molecule has 0 unspecified atom stereocenters. The average molecular weight is 224 g/mol. The maximum atomic E-state index is 11.5. The van der Waals surface area contributed by atoms with E-state index in [1.54, 1.807) is 6.92 Å². The third-order valence-corrected chi connectivity index (χ3v) is 1.88. The van der Waals surface area contributed by atoms with Crippen LogP contribution in [0.2, 0.25) is 0 Å². The number of anilines is 1. The van der Waals surface area contributed by atoms with Crippen LogP contribution < -0.4 is 5.73 Å². The van der Waals surface area contributed by atoms with E-state index in [-0.39, 0.29) is 18.6 Å². The van der Waals surface area contributed by atoms with E-state index in [1.807, 2.05) is 0 Å². The van der Waals surface area contributed by atoms with Crippen molar-refractivity contribution in [3.8, 4) is 0 Å². The van der Waals surface area contributed by atoms with E-state index in [2.05, 4.69) is 4.98 Å². The van der Waals surface area contributed by atoms with E-state index < -0.39 is 11.9 Å². The molecule has 0 saturated heterocycles. The summed E-state index contributed by atoms with van der Waals surface area (Å²) in [6, 6.07) is 1.45. The van der Waals surface area contributed by atoms with Gasteiger partial charge in [0.05, 0.1) is 29.6 Å². The van der Waals surface area contributed by atoms with Crippen molar-refractivity contribution in [3.05, 3.63) is 23.5 Å². The van der Waals surface area contributed by atoms with E-state index in [0.717, 1.165) is 0 Å². The van der Waals surface area contributed by atoms with Gasteiger partial charge in [0, 0.05) is 0 Å². The first-order valence-electron chi connectivity index (χ1n) is 4.61. The zero-order chi connectivity index (χ0) is 12.1. The molecule has 0 bridgehead atoms. The van der Waals surface area contributed by atoms with Gasteiger partial charge in [-0.3, -0.25) is 9.78 Å². The average Bonchev–Trinajstić information content (AvgIpc) is 2.21. The van der Waals surface area contributed by atoms with Gasteiger partial charge in [-0.15, -0.1) is 0 Å². The fourth-order valence-corrected chi connectivity index (χ4v) is 1.06. The van der Waals surface area contributed by atoms with Crippen LogP contribution >= 0.6 is 0 Å². The van der Waals surface area contributed by atoms with Gasteiger partial charge in [0.2, 0.25) is 0 Å². The molecule has 0 aliphatic rings. The largest absolute Gasteiger partial charge is 0.481 e. The van der Waals surface area contributed by atoms with Crippen LogP contribution in [0.3, 0.4) is 0 Å². The number of aromatic nitrogens is 1. The van der Waals surface area contributed by atoms with Gasteiger partial charge in [0.1, 0.15) is 6.61 Å². The first-order chi connectivity index (χ1) is 7.50. The quantitative estimate of drug-likeness (QED) is 0.726. The Hall–Kier alpha value is -2.11. The Balaban J connectivity index is 2.65. The van der Waals surface area contributed by atoms with Crippen molar-refractivity contribution in [2.45, 2.75) is 13.3 Å². The molecule has 0 aliphatic carbocycles. The van der Waals surface area contributed by atoms with Gasteiger partial charge in [0.25, 0.3) is 0 Å². The standard InChI is InChI=1S/C10H12N2O4/c1-6-8(4-7(11)5-12-6)10(15)16-3-2-9(13)14/h4-5H,2-3,11H2,1H3,(H,13,14). The summed E-state index contributed by atoms with van der Waals surface area (Å²) in [4.78, 5) is 25.6. The lowest BCUT2D eigenvalue weighted by Gasteiger charge is -2.05. The van der Waals surface area contributed by atoms with Crippen LogP contribution in [-0.4, -0.2) is 28.6 Å². The van der Waals surface area contributed by atoms with Crippen molar-refractivity contribution in [1.29, 1.82) is 0 Å². The van der Waals surface area contributed by atoms with Crippen LogP contribution in [0.25, 0.3) is 0 Å². The third kappa shape index (κ3) is 3.23. The molecule has 0 saturated carbocycles. The van der Waals surface area contributed by atoms with Crippen molar-refractivity contribution >= 4 is 17.6 Å². The van der Waals surface area contributed by atoms with Crippen molar-refractivity contribution in [2.75, 3.05) is 12.3 Å². The van der Waals surface area contributed by atoms with Crippen molar-refractivity contribution < 1.29 is 19.4 Å². The number of pyridine rings is 1. The van der Waals surface area contributed by atoms with Crippen LogP contribution in [0.5, 0.6) is 0 Å². The SMILES string of the molecule is Cc1ncc(N)cc1C(=O)OCCC(=O)O. The summed E-state index contributed by atoms with van der Waals surface area (Å²) in [6.45, 7) is 1.48. The lowest BCUT2D eigenvalue weighted by Crippen LogP contribution is -2.12. The predicted octanol–water partition coefficient (Wildman–Crippen LogP) is 0.604. The fraction of sp³-hybridized carbons (Fsp3) is 0.300. The number of hydrogen-bond acceptors (Lipinski definition) is 5. The highest BCUT2D eigenvalue weighted by atomic mass is 16.5. The number of aliphatic carboxylic acids is 1. The Kier molecular flexibility index (Phi) is 3.82. The van der Waals surface area contributed by atoms with Gasteiger partial charge in [-0.25, -0.2) is 4.79 Å². The number of aryl methyl sites for hydroxylation is 1. The lowest BCUT2D eigenvalue weighted by molar-refractivity contribution is -0.137. The number of rotatable bonds is 4. The van der Waals surface area contributed by atoms with E-state index in [4.69, 9.17) is 15.6 Å². The molecule has 16 heavy (non-hydrogen) atoms. The topological polar surface area (TPSA) is 103 Å². The molecular weight excluding hydrogens is 212 g/mol. The maximum Gasteiger partial charge on any atom is 0.340 e. The molecule has 6 nitrogen and oxygen atoms in total. The molecule has 1 rings (SSSR count). The fourth-order valence-electron chi connectivity index (χ4n) is 1.06. The number of hydrogen-bond donors (Lipinski definition) is 2. The van der Waals surface area contributed by atoms with Crippen LogP contribution in [0.4, 0.5) is 5.69 Å². The number of nitrogens with two attached hydrogens (primary N) is 1. The smallest absolute Gasteiger partial charge is 0.340 e. The number of nitrogen functional groups attached to an aromatic ring is 1. The molecule has 0 radical (unpaired) electrons. The highest BCUT2D eigenvalue weighted by Crippen LogP contribution is 2.10. The van der Waals surface area contributed by atoms with Crippen LogP contribution in [-0.2, 0) is 9.53 Å². The molecule has 0 spiro atoms. The number of carboxylic acids is 1. The Morgan fingerprint density at radius 3 is 2.88 bits per heavy atom. The summed E-state index contributed by atoms with van der Waals surface area (Å²) in [6.07, 6.45) is 1.21. The normalized spacial score (nSPS) is 9.81. The minimum Gasteiger partial charge on any atom is -0.481 e. The van der Waals surface area contributed by atoms with Crippen molar-refractivity contribution in [1.82, 2.24) is 4.98 Å². The van der Waals surface area contributed by atoms with Crippen LogP contribution in [0, 0.1) is 6.92 Å². The molecular formula is C10H12N2O4. The highest BCUT2D eigenvalue weighted by molar-refractivity contribution is 5.91. The van der Waals surface area contributed by atoms with E-state index in [1.165, 1.54) is 12.3 Å². The molecule has 0 fully saturated rings. The maximum absolute atomic E-state index is 11.5. The molecule has 3 N–H and O–H groups in total. The monoisotopic (exact) mass is 224 g/mol. The first-order valence-corrected chi connectivity index (χ1v) is 4.61. The van der Waals surface area contributed by atoms with Crippen molar-refractivity contribution in [3.63, 3.8) is 0 Å². The van der Waals surface area contributed by atoms with Crippen LogP contribution in [0.15, 0.2) is 12.3 Å². The number of nitrogens with zero attached hydrogens (tertiary/aromatic N) is 1. The molecule has 1 heterocycles. The van der Waals surface area contributed by atoms with Gasteiger partial charge in [-0.05, 0) is 13.0 Å². The summed E-state index contributed by atoms with van der Waals surface area (Å²) < 4.78 is 4.76. The summed E-state index contributed by atoms with van der Waals surface area (Å²) in [5.74, 6) is -1.63. The van der Waals surface area contributed by atoms with E-state index in [0.29, 0.717) is 11.4 Å². The number of esters is 1. The third-order valence-electron chi connectivity index (χ3n) is 1.88. The second kappa shape index (κ2) is 5.11. The first kappa shape index (κ1) is 12.0. The van der Waals surface area contributed by atoms with Gasteiger partial charge in [-0.1, -0.05) is 0 Å². The zero-order valence-electron chi connectivity index (χ0n) is 8.77. The van der Waals surface area contributed by atoms with Gasteiger partial charge in [0.15, 0.2) is 0 Å². The molecule has 1 aromatic rings. The van der Waals surface area contributed by atoms with E-state index in [9.17, 15) is 9.59 Å². The number of carbonyl (C=O) groups excluding carboxylic acids is 1. The molecule has 0 aliphatic heterocycles. The zero-order valence-corrected chi connectivity index (χ0v) is 8.77. The predicted molar refractivity (Wildman–Crippen MR) is 55.9 cm³/mol. The highest BCUT2D eigenvalue weighted by Gasteiger charge is 2.12. The Bertz CT molecular complexity index is 417. The number of carbonyl (C=O) groups is 2. The van der Waals surface area contributed by atoms with Crippen molar-refractivity contribution in [2.24, 2.45) is 0 Å². The van der Waals surface area contributed by atoms with Gasteiger partial charge >= 0.3 is 11.9 Å². The minimum atomic E-state index is -1.02. The molecule has 86 valence electrons. The van der Waals surface area contributed by atoms with Gasteiger partial charge in [-0.2, -0.15) is 0 Å². The summed E-state index contributed by atoms with van der Waals surface area (Å²) in [5, 5.41) is 8.37. The second-order valence-electron chi connectivity index (χ2n) is 3.18. The molecule has 0 amide bonds. The molecule has 0 atom stereocenters. The Labute approximate surface area is 92.0 Å². The van der Waals surface area contributed by atoms with E-state index >= 15 is 0 Å². The second-order valence-corrected chi connectivity index (χ2v) is 3.18. The number of carboxylic acid groups (broad SMARTS) is 1. The molecule has 6 heteroatoms. The Morgan fingerprint density at radius 2 is 2.25 bits per heavy atom. The number of ether oxygens (including phenoxy) is 1. The summed E-state index contributed by atoms with van der Waals surface area (Å²) >= 11 is 0. The minimum absolute atomic E-state index is 0.164. The Morgan fingerprint density at radius 1 is 1.56 bits per heavy atom. The summed E-state index contributed by atoms with van der Waals surface area (Å²) in [5.41, 5.74) is 6.58. The lowest BCUT2D eigenvalue weighted by atomic mass is 10.2. The van der Waals surface area contributed by atoms with Crippen LogP contribution in [0.1, 0.15) is 22.5 Å². The molecule has 1 aromatic heterocycles. The molecule has 0 aromatic carbocycles. The van der Waals surface area contributed by atoms with Gasteiger partial charge < -0.3 is 15.6 Å².